The molecule has 0 heterocycles. The van der Waals surface area contributed by atoms with Crippen LogP contribution in [0.5, 0.6) is 11.5 Å². The van der Waals surface area contributed by atoms with Gasteiger partial charge in [0.1, 0.15) is 11.5 Å². The van der Waals surface area contributed by atoms with Gasteiger partial charge in [0.25, 0.3) is 0 Å². The Labute approximate surface area is 153 Å². The van der Waals surface area contributed by atoms with Crippen molar-refractivity contribution >= 4 is 17.7 Å². The van der Waals surface area contributed by atoms with E-state index < -0.39 is 0 Å². The van der Waals surface area contributed by atoms with Crippen molar-refractivity contribution < 1.29 is 14.3 Å². The van der Waals surface area contributed by atoms with Crippen LogP contribution < -0.4 is 14.8 Å². The minimum absolute atomic E-state index is 0.238. The summed E-state index contributed by atoms with van der Waals surface area (Å²) in [5.41, 5.74) is 1.50. The number of hydrogen-bond acceptors (Lipinski definition) is 4. The first kappa shape index (κ1) is 19.1. The molecule has 0 saturated carbocycles. The Morgan fingerprint density at radius 1 is 1.19 bits per heavy atom. The highest BCUT2D eigenvalue weighted by Gasteiger charge is 2.02. The number of benzene rings is 2. The van der Waals surface area contributed by atoms with Gasteiger partial charge in [0, 0.05) is 29.8 Å². The third-order valence-electron chi connectivity index (χ3n) is 3.44. The maximum absolute atomic E-state index is 12.1. The second-order valence-electron chi connectivity index (χ2n) is 5.43. The number of amides is 1. The molecule has 0 atom stereocenters. The van der Waals surface area contributed by atoms with E-state index in [0.717, 1.165) is 11.3 Å². The monoisotopic (exact) mass is 350 g/mol. The van der Waals surface area contributed by atoms with Gasteiger partial charge in [-0.2, -0.15) is 5.26 Å². The minimum Gasteiger partial charge on any atom is -0.493 e. The number of carbonyl (C=O) groups excluding carboxylic acids is 1. The molecule has 5 heteroatoms. The summed E-state index contributed by atoms with van der Waals surface area (Å²) < 4.78 is 11.1. The zero-order chi connectivity index (χ0) is 18.6. The van der Waals surface area contributed by atoms with Crippen molar-refractivity contribution in [3.05, 3.63) is 60.2 Å². The van der Waals surface area contributed by atoms with Crippen LogP contribution in [-0.2, 0) is 4.79 Å². The predicted octanol–water partition coefficient (Wildman–Crippen LogP) is 4.42. The minimum atomic E-state index is -0.238. The molecule has 1 amide bonds. The summed E-state index contributed by atoms with van der Waals surface area (Å²) in [6.07, 6.45) is 4.33. The lowest BCUT2D eigenvalue weighted by molar-refractivity contribution is -0.111. The van der Waals surface area contributed by atoms with E-state index in [9.17, 15) is 4.79 Å². The molecule has 0 aliphatic rings. The van der Waals surface area contributed by atoms with Crippen LogP contribution in [0.4, 0.5) is 5.69 Å². The fourth-order valence-electron chi connectivity index (χ4n) is 2.26. The van der Waals surface area contributed by atoms with Crippen molar-refractivity contribution in [2.45, 2.75) is 19.8 Å². The summed E-state index contributed by atoms with van der Waals surface area (Å²) in [7, 11) is 0. The van der Waals surface area contributed by atoms with E-state index in [1.165, 1.54) is 6.08 Å². The van der Waals surface area contributed by atoms with Crippen LogP contribution in [0.1, 0.15) is 25.3 Å². The number of nitriles is 1. The zero-order valence-corrected chi connectivity index (χ0v) is 14.8. The molecule has 0 saturated heterocycles. The quantitative estimate of drug-likeness (QED) is 0.537. The van der Waals surface area contributed by atoms with Gasteiger partial charge in [0.15, 0.2) is 0 Å². The van der Waals surface area contributed by atoms with E-state index in [1.54, 1.807) is 18.2 Å². The Balaban J connectivity index is 1.94. The molecule has 26 heavy (non-hydrogen) atoms. The number of unbranched alkanes of at least 4 members (excludes halogenated alkanes) is 1. The molecule has 134 valence electrons. The van der Waals surface area contributed by atoms with Crippen molar-refractivity contribution in [1.82, 2.24) is 0 Å². The van der Waals surface area contributed by atoms with Crippen molar-refractivity contribution in [3.63, 3.8) is 0 Å². The van der Waals surface area contributed by atoms with Gasteiger partial charge >= 0.3 is 0 Å². The van der Waals surface area contributed by atoms with Crippen LogP contribution in [0.2, 0.25) is 0 Å². The van der Waals surface area contributed by atoms with Crippen LogP contribution >= 0.6 is 0 Å². The summed E-state index contributed by atoms with van der Waals surface area (Å²) in [6, 6.07) is 16.8. The van der Waals surface area contributed by atoms with E-state index in [-0.39, 0.29) is 5.91 Å². The molecule has 0 fully saturated rings. The predicted molar refractivity (Wildman–Crippen MR) is 102 cm³/mol. The Morgan fingerprint density at radius 2 is 2.04 bits per heavy atom. The summed E-state index contributed by atoms with van der Waals surface area (Å²) >= 11 is 0. The highest BCUT2D eigenvalue weighted by molar-refractivity contribution is 6.02. The molecule has 0 radical (unpaired) electrons. The number of nitrogens with one attached hydrogen (secondary N) is 1. The average Bonchev–Trinajstić information content (AvgIpc) is 2.65. The largest absolute Gasteiger partial charge is 0.493 e. The topological polar surface area (TPSA) is 71.3 Å². The average molecular weight is 350 g/mol. The van der Waals surface area contributed by atoms with E-state index >= 15 is 0 Å². The van der Waals surface area contributed by atoms with Crippen LogP contribution in [-0.4, -0.2) is 19.1 Å². The molecule has 0 aliphatic carbocycles. The number of carbonyl (C=O) groups is 1. The normalized spacial score (nSPS) is 10.3. The van der Waals surface area contributed by atoms with Crippen LogP contribution in [0, 0.1) is 11.3 Å². The zero-order valence-electron chi connectivity index (χ0n) is 14.8. The summed E-state index contributed by atoms with van der Waals surface area (Å²) in [6.45, 7) is 2.96. The summed E-state index contributed by atoms with van der Waals surface area (Å²) in [4.78, 5) is 12.1. The van der Waals surface area contributed by atoms with Gasteiger partial charge in [-0.05, 0) is 37.6 Å². The van der Waals surface area contributed by atoms with Gasteiger partial charge < -0.3 is 14.8 Å². The van der Waals surface area contributed by atoms with Gasteiger partial charge in [0.05, 0.1) is 19.3 Å². The molecule has 2 aromatic rings. The Morgan fingerprint density at radius 3 is 2.85 bits per heavy atom. The van der Waals surface area contributed by atoms with E-state index in [2.05, 4.69) is 11.4 Å². The first-order chi connectivity index (χ1) is 12.7. The molecule has 0 spiro atoms. The molecule has 0 unspecified atom stereocenters. The lowest BCUT2D eigenvalue weighted by Crippen LogP contribution is -2.08. The van der Waals surface area contributed by atoms with E-state index in [4.69, 9.17) is 14.7 Å². The first-order valence-corrected chi connectivity index (χ1v) is 8.53. The van der Waals surface area contributed by atoms with Gasteiger partial charge in [0.2, 0.25) is 5.91 Å². The third-order valence-corrected chi connectivity index (χ3v) is 3.44. The number of ether oxygens (including phenoxy) is 2. The lowest BCUT2D eigenvalue weighted by atomic mass is 10.2. The lowest BCUT2D eigenvalue weighted by Gasteiger charge is -2.08. The summed E-state index contributed by atoms with van der Waals surface area (Å²) in [5, 5.41) is 11.3. The molecule has 0 aromatic heterocycles. The molecule has 0 aliphatic heterocycles. The number of para-hydroxylation sites is 1. The molecule has 2 rings (SSSR count). The first-order valence-electron chi connectivity index (χ1n) is 8.53. The maximum atomic E-state index is 12.1. The molecule has 0 bridgehead atoms. The maximum Gasteiger partial charge on any atom is 0.248 e. The number of nitrogens with zero attached hydrogens (tertiary/aromatic N) is 1. The second-order valence-corrected chi connectivity index (χ2v) is 5.43. The Kier molecular flexibility index (Phi) is 7.75. The Hall–Kier alpha value is -3.26. The summed E-state index contributed by atoms with van der Waals surface area (Å²) in [5.74, 6) is 1.16. The van der Waals surface area contributed by atoms with Gasteiger partial charge in [-0.1, -0.05) is 24.3 Å². The smallest absolute Gasteiger partial charge is 0.248 e. The van der Waals surface area contributed by atoms with Gasteiger partial charge in [-0.25, -0.2) is 0 Å². The van der Waals surface area contributed by atoms with Gasteiger partial charge in [-0.3, -0.25) is 4.79 Å². The Bertz CT molecular complexity index is 794. The van der Waals surface area contributed by atoms with Crippen molar-refractivity contribution in [2.24, 2.45) is 0 Å². The highest BCUT2D eigenvalue weighted by Crippen LogP contribution is 2.20. The number of hydrogen-bond donors (Lipinski definition) is 1. The van der Waals surface area contributed by atoms with Crippen molar-refractivity contribution in [1.29, 1.82) is 5.26 Å². The van der Waals surface area contributed by atoms with Crippen LogP contribution in [0.25, 0.3) is 6.08 Å². The molecule has 5 nitrogen and oxygen atoms in total. The third kappa shape index (κ3) is 6.33. The van der Waals surface area contributed by atoms with Crippen LogP contribution in [0.15, 0.2) is 54.6 Å². The van der Waals surface area contributed by atoms with E-state index in [0.29, 0.717) is 37.5 Å². The molecule has 1 N–H and O–H groups in total. The molecular weight excluding hydrogens is 328 g/mol. The van der Waals surface area contributed by atoms with Crippen LogP contribution in [0.3, 0.4) is 0 Å². The van der Waals surface area contributed by atoms with Gasteiger partial charge in [-0.15, -0.1) is 0 Å². The number of anilines is 1. The standard InChI is InChI=1S/C21H22N2O3/c1-2-25-20-11-4-3-8-17(20)12-13-21(24)23-18-9-7-10-19(16-18)26-15-6-5-14-22/h3-4,7-13,16H,2,5-6,15H2,1H3,(H,23,24). The fraction of sp³-hybridized carbons (Fsp3) is 0.238. The van der Waals surface area contributed by atoms with E-state index in [1.807, 2.05) is 43.3 Å². The highest BCUT2D eigenvalue weighted by atomic mass is 16.5. The van der Waals surface area contributed by atoms with Crippen molar-refractivity contribution in [3.8, 4) is 17.6 Å². The fourth-order valence-corrected chi connectivity index (χ4v) is 2.26. The number of rotatable bonds is 9. The molecular formula is C21H22N2O3. The second kappa shape index (κ2) is 10.6. The molecule has 2 aromatic carbocycles. The SMILES string of the molecule is CCOc1ccccc1C=CC(=O)Nc1cccc(OCCCC#N)c1. The van der Waals surface area contributed by atoms with Crippen molar-refractivity contribution in [2.75, 3.05) is 18.5 Å².